The second kappa shape index (κ2) is 5.97. The van der Waals surface area contributed by atoms with Crippen LogP contribution in [0.15, 0.2) is 18.5 Å². The predicted molar refractivity (Wildman–Crippen MR) is 75.3 cm³/mol. The Labute approximate surface area is 115 Å². The molecule has 1 N–H and O–H groups in total. The Morgan fingerprint density at radius 1 is 1.42 bits per heavy atom. The fraction of sp³-hybridized carbons (Fsp3) is 0.667. The minimum Gasteiger partial charge on any atom is -0.312 e. The van der Waals surface area contributed by atoms with E-state index in [0.29, 0.717) is 6.04 Å². The summed E-state index contributed by atoms with van der Waals surface area (Å²) in [6, 6.07) is 2.05. The van der Waals surface area contributed by atoms with Crippen molar-refractivity contribution in [3.05, 3.63) is 29.8 Å². The number of hydrogen-bond donors (Lipinski definition) is 1. The molecule has 0 bridgehead atoms. The first kappa shape index (κ1) is 14.4. The van der Waals surface area contributed by atoms with Crippen molar-refractivity contribution in [1.29, 1.82) is 0 Å². The summed E-state index contributed by atoms with van der Waals surface area (Å²) in [5.74, 6) is -0.252. The summed E-state index contributed by atoms with van der Waals surface area (Å²) < 4.78 is 13.2. The van der Waals surface area contributed by atoms with Crippen molar-refractivity contribution in [1.82, 2.24) is 15.2 Å². The summed E-state index contributed by atoms with van der Waals surface area (Å²) in [6.45, 7) is 10.7. The number of hydrogen-bond acceptors (Lipinski definition) is 3. The highest BCUT2D eigenvalue weighted by Crippen LogP contribution is 2.22. The summed E-state index contributed by atoms with van der Waals surface area (Å²) in [5.41, 5.74) is 1.19. The molecule has 1 unspecified atom stereocenters. The highest BCUT2D eigenvalue weighted by Gasteiger charge is 2.27. The Kier molecular flexibility index (Phi) is 4.53. The van der Waals surface area contributed by atoms with Gasteiger partial charge < -0.3 is 5.32 Å². The lowest BCUT2D eigenvalue weighted by Crippen LogP contribution is -2.46. The van der Waals surface area contributed by atoms with Crippen molar-refractivity contribution in [3.8, 4) is 0 Å². The van der Waals surface area contributed by atoms with Gasteiger partial charge in [-0.05, 0) is 36.6 Å². The number of nitrogens with zero attached hydrogens (tertiary/aromatic N) is 2. The van der Waals surface area contributed by atoms with Crippen LogP contribution in [0, 0.1) is 11.2 Å². The molecular formula is C15H24FN3. The lowest BCUT2D eigenvalue weighted by atomic mass is 9.86. The minimum absolute atomic E-state index is 0.239. The second-order valence-electron chi connectivity index (χ2n) is 6.47. The molecule has 0 amide bonds. The molecule has 1 saturated heterocycles. The van der Waals surface area contributed by atoms with E-state index in [2.05, 4.69) is 36.0 Å². The quantitative estimate of drug-likeness (QED) is 0.890. The van der Waals surface area contributed by atoms with E-state index in [1.54, 1.807) is 12.3 Å². The topological polar surface area (TPSA) is 28.2 Å². The van der Waals surface area contributed by atoms with Crippen LogP contribution in [0.25, 0.3) is 0 Å². The SMILES string of the molecule is CC(C)(C)C1CN(Cc2cncc(F)c2)CCCN1. The Bertz CT molecular complexity index is 414. The fourth-order valence-electron chi connectivity index (χ4n) is 2.52. The maximum absolute atomic E-state index is 13.2. The van der Waals surface area contributed by atoms with Crippen LogP contribution in [0.2, 0.25) is 0 Å². The molecule has 3 nitrogen and oxygen atoms in total. The van der Waals surface area contributed by atoms with E-state index >= 15 is 0 Å². The molecule has 19 heavy (non-hydrogen) atoms. The van der Waals surface area contributed by atoms with Gasteiger partial charge in [0.15, 0.2) is 0 Å². The van der Waals surface area contributed by atoms with E-state index < -0.39 is 0 Å². The van der Waals surface area contributed by atoms with Gasteiger partial charge in [-0.1, -0.05) is 20.8 Å². The Morgan fingerprint density at radius 2 is 2.21 bits per heavy atom. The molecule has 1 aromatic heterocycles. The Morgan fingerprint density at radius 3 is 2.89 bits per heavy atom. The summed E-state index contributed by atoms with van der Waals surface area (Å²) >= 11 is 0. The third-order valence-corrected chi connectivity index (χ3v) is 3.70. The van der Waals surface area contributed by atoms with Gasteiger partial charge in [0.05, 0.1) is 6.20 Å². The van der Waals surface area contributed by atoms with Crippen LogP contribution in [-0.2, 0) is 6.54 Å². The zero-order valence-corrected chi connectivity index (χ0v) is 12.1. The number of pyridine rings is 1. The number of halogens is 1. The van der Waals surface area contributed by atoms with E-state index in [1.165, 1.54) is 6.20 Å². The van der Waals surface area contributed by atoms with Crippen molar-refractivity contribution in [3.63, 3.8) is 0 Å². The molecule has 0 aliphatic carbocycles. The molecule has 0 saturated carbocycles. The van der Waals surface area contributed by atoms with E-state index in [-0.39, 0.29) is 11.2 Å². The zero-order chi connectivity index (χ0) is 13.9. The molecule has 1 aliphatic heterocycles. The lowest BCUT2D eigenvalue weighted by Gasteiger charge is -2.33. The average molecular weight is 265 g/mol. The van der Waals surface area contributed by atoms with E-state index in [9.17, 15) is 4.39 Å². The third kappa shape index (κ3) is 4.25. The van der Waals surface area contributed by atoms with Gasteiger partial charge in [0, 0.05) is 25.3 Å². The Hall–Kier alpha value is -1.00. The van der Waals surface area contributed by atoms with E-state index in [4.69, 9.17) is 0 Å². The summed E-state index contributed by atoms with van der Waals surface area (Å²) in [6.07, 6.45) is 4.15. The van der Waals surface area contributed by atoms with Crippen molar-refractivity contribution >= 4 is 0 Å². The van der Waals surface area contributed by atoms with Crippen molar-refractivity contribution < 1.29 is 4.39 Å². The summed E-state index contributed by atoms with van der Waals surface area (Å²) in [4.78, 5) is 6.32. The molecule has 1 fully saturated rings. The molecular weight excluding hydrogens is 241 g/mol. The number of aromatic nitrogens is 1. The smallest absolute Gasteiger partial charge is 0.141 e. The molecule has 2 heterocycles. The predicted octanol–water partition coefficient (Wildman–Crippen LogP) is 2.43. The zero-order valence-electron chi connectivity index (χ0n) is 12.1. The van der Waals surface area contributed by atoms with Crippen LogP contribution in [0.1, 0.15) is 32.8 Å². The summed E-state index contributed by atoms with van der Waals surface area (Å²) in [7, 11) is 0. The van der Waals surface area contributed by atoms with Crippen LogP contribution in [-0.4, -0.2) is 35.6 Å². The van der Waals surface area contributed by atoms with E-state index in [1.807, 2.05) is 0 Å². The highest BCUT2D eigenvalue weighted by molar-refractivity contribution is 5.10. The standard InChI is InChI=1S/C15H24FN3/c1-15(2,3)14-11-19(6-4-5-18-14)10-12-7-13(16)9-17-8-12/h7-9,14,18H,4-6,10-11H2,1-3H3. The molecule has 1 atom stereocenters. The maximum atomic E-state index is 13.2. The van der Waals surface area contributed by atoms with Gasteiger partial charge in [0.25, 0.3) is 0 Å². The maximum Gasteiger partial charge on any atom is 0.141 e. The van der Waals surface area contributed by atoms with Gasteiger partial charge in [-0.15, -0.1) is 0 Å². The highest BCUT2D eigenvalue weighted by atomic mass is 19.1. The Balaban J connectivity index is 2.02. The normalized spacial score (nSPS) is 22.2. The van der Waals surface area contributed by atoms with Crippen LogP contribution in [0.4, 0.5) is 4.39 Å². The third-order valence-electron chi connectivity index (χ3n) is 3.70. The minimum atomic E-state index is -0.252. The van der Waals surface area contributed by atoms with Crippen LogP contribution < -0.4 is 5.32 Å². The van der Waals surface area contributed by atoms with Crippen molar-refractivity contribution in [2.75, 3.05) is 19.6 Å². The van der Waals surface area contributed by atoms with Gasteiger partial charge >= 0.3 is 0 Å². The molecule has 0 aromatic carbocycles. The van der Waals surface area contributed by atoms with Crippen LogP contribution in [0.3, 0.4) is 0 Å². The van der Waals surface area contributed by atoms with Gasteiger partial charge in [0.1, 0.15) is 5.82 Å². The first-order valence-electron chi connectivity index (χ1n) is 7.00. The van der Waals surface area contributed by atoms with Crippen molar-refractivity contribution in [2.45, 2.75) is 39.8 Å². The van der Waals surface area contributed by atoms with Gasteiger partial charge in [-0.3, -0.25) is 9.88 Å². The summed E-state index contributed by atoms with van der Waals surface area (Å²) in [5, 5.41) is 3.62. The first-order valence-corrected chi connectivity index (χ1v) is 7.00. The van der Waals surface area contributed by atoms with E-state index in [0.717, 1.165) is 38.2 Å². The first-order chi connectivity index (χ1) is 8.95. The van der Waals surface area contributed by atoms with Gasteiger partial charge in [-0.2, -0.15) is 0 Å². The molecule has 2 rings (SSSR count). The molecule has 0 spiro atoms. The van der Waals surface area contributed by atoms with Crippen LogP contribution >= 0.6 is 0 Å². The van der Waals surface area contributed by atoms with Crippen LogP contribution in [0.5, 0.6) is 0 Å². The molecule has 1 aliphatic rings. The average Bonchev–Trinajstić information content (AvgIpc) is 2.54. The fourth-order valence-corrected chi connectivity index (χ4v) is 2.52. The molecule has 1 aromatic rings. The largest absolute Gasteiger partial charge is 0.312 e. The van der Waals surface area contributed by atoms with Crippen molar-refractivity contribution in [2.24, 2.45) is 5.41 Å². The second-order valence-corrected chi connectivity index (χ2v) is 6.47. The van der Waals surface area contributed by atoms with Gasteiger partial charge in [0.2, 0.25) is 0 Å². The monoisotopic (exact) mass is 265 g/mol. The lowest BCUT2D eigenvalue weighted by molar-refractivity contribution is 0.192. The van der Waals surface area contributed by atoms with Gasteiger partial charge in [-0.25, -0.2) is 4.39 Å². The number of nitrogens with one attached hydrogen (secondary N) is 1. The number of rotatable bonds is 2. The molecule has 0 radical (unpaired) electrons. The molecule has 4 heteroatoms. The molecule has 106 valence electrons.